The molecule has 1 amide bonds. The maximum absolute atomic E-state index is 12.9. The number of carbonyl (C=O) groups is 1. The van der Waals surface area contributed by atoms with Crippen molar-refractivity contribution in [2.45, 2.75) is 71.5 Å². The summed E-state index contributed by atoms with van der Waals surface area (Å²) in [7, 11) is 1.60. The van der Waals surface area contributed by atoms with Crippen LogP contribution in [-0.4, -0.2) is 24.7 Å². The van der Waals surface area contributed by atoms with E-state index in [4.69, 9.17) is 9.47 Å². The summed E-state index contributed by atoms with van der Waals surface area (Å²) in [6.07, 6.45) is 4.97. The van der Waals surface area contributed by atoms with Gasteiger partial charge in [0.15, 0.2) is 0 Å². The van der Waals surface area contributed by atoms with Crippen LogP contribution in [0.1, 0.15) is 59.8 Å². The Morgan fingerprint density at radius 1 is 1.11 bits per heavy atom. The van der Waals surface area contributed by atoms with Gasteiger partial charge in [-0.15, -0.1) is 0 Å². The molecule has 0 saturated carbocycles. The number of fused-ring (bicyclic) bond motifs is 1. The molecule has 1 N–H and O–H groups in total. The lowest BCUT2D eigenvalue weighted by Gasteiger charge is -2.27. The number of carbonyl (C=O) groups excluding carboxylic acids is 1. The Kier molecular flexibility index (Phi) is 7.66. The molecule has 0 aromatic heterocycles. The highest BCUT2D eigenvalue weighted by Gasteiger charge is 2.32. The van der Waals surface area contributed by atoms with Gasteiger partial charge in [0.25, 0.3) is 5.91 Å². The summed E-state index contributed by atoms with van der Waals surface area (Å²) < 4.78 is 11.6. The van der Waals surface area contributed by atoms with Crippen molar-refractivity contribution in [2.24, 2.45) is 0 Å². The first kappa shape index (κ1) is 21.2. The van der Waals surface area contributed by atoms with Crippen molar-refractivity contribution in [1.29, 1.82) is 0 Å². The predicted molar refractivity (Wildman–Crippen MR) is 113 cm³/mol. The van der Waals surface area contributed by atoms with E-state index in [1.54, 1.807) is 7.11 Å². The number of benzene rings is 2. The van der Waals surface area contributed by atoms with Crippen molar-refractivity contribution in [3.63, 3.8) is 0 Å². The van der Waals surface area contributed by atoms with Crippen LogP contribution in [0.3, 0.4) is 0 Å². The summed E-state index contributed by atoms with van der Waals surface area (Å²) in [5.41, 5.74) is -0.0480. The van der Waals surface area contributed by atoms with Gasteiger partial charge < -0.3 is 14.8 Å². The molecule has 0 bridgehead atoms. The number of ether oxygens (including phenoxy) is 2. The standard InChI is InChI=1S/C23H33NO3/c1-6-8-11-16-23(4,26-5)22(25)24-20-14-15-21(27-17(3)7-2)19-13-10-9-12-18(19)20/h9-10,12-15,17H,6-8,11,16H2,1-5H3,(H,24,25)/t17-,23+/m0/s1. The van der Waals surface area contributed by atoms with Crippen LogP contribution in [0, 0.1) is 0 Å². The normalized spacial score (nSPS) is 14.6. The molecular weight excluding hydrogens is 338 g/mol. The van der Waals surface area contributed by atoms with Crippen molar-refractivity contribution >= 4 is 22.4 Å². The molecule has 0 unspecified atom stereocenters. The first-order chi connectivity index (χ1) is 12.9. The molecule has 2 rings (SSSR count). The van der Waals surface area contributed by atoms with E-state index >= 15 is 0 Å². The van der Waals surface area contributed by atoms with Gasteiger partial charge in [-0.05, 0) is 38.8 Å². The smallest absolute Gasteiger partial charge is 0.256 e. The molecule has 0 radical (unpaired) electrons. The molecule has 148 valence electrons. The molecule has 2 aromatic rings. The van der Waals surface area contributed by atoms with Gasteiger partial charge in [0.05, 0.1) is 6.10 Å². The Balaban J connectivity index is 2.28. The van der Waals surface area contributed by atoms with Gasteiger partial charge in [-0.3, -0.25) is 4.79 Å². The minimum absolute atomic E-state index is 0.109. The molecule has 4 heteroatoms. The molecule has 0 fully saturated rings. The summed E-state index contributed by atoms with van der Waals surface area (Å²) in [5, 5.41) is 5.05. The third-order valence-electron chi connectivity index (χ3n) is 5.22. The van der Waals surface area contributed by atoms with Crippen molar-refractivity contribution in [3.8, 4) is 5.75 Å². The van der Waals surface area contributed by atoms with Crippen LogP contribution < -0.4 is 10.1 Å². The Morgan fingerprint density at radius 3 is 2.44 bits per heavy atom. The van der Waals surface area contributed by atoms with Crippen LogP contribution in [0.25, 0.3) is 10.8 Å². The second-order valence-electron chi connectivity index (χ2n) is 7.34. The van der Waals surface area contributed by atoms with Crippen LogP contribution in [0.5, 0.6) is 5.75 Å². The number of amides is 1. The van der Waals surface area contributed by atoms with Gasteiger partial charge in [0.1, 0.15) is 11.4 Å². The highest BCUT2D eigenvalue weighted by molar-refractivity contribution is 6.06. The predicted octanol–water partition coefficient (Wildman–Crippen LogP) is 5.94. The quantitative estimate of drug-likeness (QED) is 0.526. The third-order valence-corrected chi connectivity index (χ3v) is 5.22. The van der Waals surface area contributed by atoms with Crippen LogP contribution in [-0.2, 0) is 9.53 Å². The molecule has 2 aromatic carbocycles. The van der Waals surface area contributed by atoms with Crippen molar-refractivity contribution in [1.82, 2.24) is 0 Å². The molecule has 0 spiro atoms. The lowest BCUT2D eigenvalue weighted by atomic mass is 9.96. The highest BCUT2D eigenvalue weighted by Crippen LogP contribution is 2.33. The third kappa shape index (κ3) is 5.23. The van der Waals surface area contributed by atoms with Gasteiger partial charge in [0, 0.05) is 23.6 Å². The molecule has 4 nitrogen and oxygen atoms in total. The molecular formula is C23H33NO3. The lowest BCUT2D eigenvalue weighted by molar-refractivity contribution is -0.136. The Hall–Kier alpha value is -2.07. The van der Waals surface area contributed by atoms with Gasteiger partial charge in [-0.1, -0.05) is 57.4 Å². The molecule has 2 atom stereocenters. The summed E-state index contributed by atoms with van der Waals surface area (Å²) in [6.45, 7) is 8.18. The van der Waals surface area contributed by atoms with Crippen LogP contribution in [0.15, 0.2) is 36.4 Å². The molecule has 27 heavy (non-hydrogen) atoms. The first-order valence-corrected chi connectivity index (χ1v) is 10.00. The van der Waals surface area contributed by atoms with Crippen LogP contribution >= 0.6 is 0 Å². The number of hydrogen-bond acceptors (Lipinski definition) is 3. The average molecular weight is 372 g/mol. The fraction of sp³-hybridized carbons (Fsp3) is 0.522. The van der Waals surface area contributed by atoms with E-state index in [9.17, 15) is 4.79 Å². The van der Waals surface area contributed by atoms with E-state index in [2.05, 4.69) is 26.1 Å². The number of unbranched alkanes of at least 4 members (excludes halogenated alkanes) is 2. The van der Waals surface area contributed by atoms with E-state index in [0.29, 0.717) is 6.42 Å². The fourth-order valence-corrected chi connectivity index (χ4v) is 3.06. The van der Waals surface area contributed by atoms with E-state index in [1.807, 2.05) is 43.3 Å². The van der Waals surface area contributed by atoms with Gasteiger partial charge in [-0.2, -0.15) is 0 Å². The van der Waals surface area contributed by atoms with Gasteiger partial charge in [-0.25, -0.2) is 0 Å². The fourth-order valence-electron chi connectivity index (χ4n) is 3.06. The minimum atomic E-state index is -0.831. The second-order valence-corrected chi connectivity index (χ2v) is 7.34. The maximum Gasteiger partial charge on any atom is 0.256 e. The van der Waals surface area contributed by atoms with Crippen molar-refractivity contribution in [3.05, 3.63) is 36.4 Å². The van der Waals surface area contributed by atoms with Crippen LogP contribution in [0.2, 0.25) is 0 Å². The van der Waals surface area contributed by atoms with E-state index < -0.39 is 5.60 Å². The van der Waals surface area contributed by atoms with Gasteiger partial charge in [0.2, 0.25) is 0 Å². The molecule has 0 saturated heterocycles. The number of methoxy groups -OCH3 is 1. The van der Waals surface area contributed by atoms with E-state index in [-0.39, 0.29) is 12.0 Å². The summed E-state index contributed by atoms with van der Waals surface area (Å²) in [5.74, 6) is 0.734. The molecule has 0 aliphatic rings. The molecule has 0 heterocycles. The largest absolute Gasteiger partial charge is 0.490 e. The Bertz CT molecular complexity index is 758. The zero-order chi connectivity index (χ0) is 19.9. The average Bonchev–Trinajstić information content (AvgIpc) is 2.69. The maximum atomic E-state index is 12.9. The van der Waals surface area contributed by atoms with Gasteiger partial charge >= 0.3 is 0 Å². The number of rotatable bonds is 10. The SMILES string of the molecule is CCCCC[C@@](C)(OC)C(=O)Nc1ccc(O[C@@H](C)CC)c2ccccc12. The number of hydrogen-bond donors (Lipinski definition) is 1. The van der Waals surface area contributed by atoms with Crippen LogP contribution in [0.4, 0.5) is 5.69 Å². The number of anilines is 1. The summed E-state index contributed by atoms with van der Waals surface area (Å²) >= 11 is 0. The topological polar surface area (TPSA) is 47.6 Å². The highest BCUT2D eigenvalue weighted by atomic mass is 16.5. The van der Waals surface area contributed by atoms with Crippen molar-refractivity contribution < 1.29 is 14.3 Å². The molecule has 0 aliphatic heterocycles. The second kappa shape index (κ2) is 9.75. The summed E-state index contributed by atoms with van der Waals surface area (Å²) in [4.78, 5) is 12.9. The van der Waals surface area contributed by atoms with E-state index in [0.717, 1.165) is 47.9 Å². The zero-order valence-electron chi connectivity index (χ0n) is 17.3. The first-order valence-electron chi connectivity index (χ1n) is 10.00. The molecule has 0 aliphatic carbocycles. The summed E-state index contributed by atoms with van der Waals surface area (Å²) in [6, 6.07) is 11.9. The Morgan fingerprint density at radius 2 is 1.81 bits per heavy atom. The Labute approximate surface area is 163 Å². The van der Waals surface area contributed by atoms with Crippen molar-refractivity contribution in [2.75, 3.05) is 12.4 Å². The monoisotopic (exact) mass is 371 g/mol. The minimum Gasteiger partial charge on any atom is -0.490 e. The zero-order valence-corrected chi connectivity index (χ0v) is 17.3. The number of nitrogens with one attached hydrogen (secondary N) is 1. The lowest BCUT2D eigenvalue weighted by Crippen LogP contribution is -2.42. The van der Waals surface area contributed by atoms with E-state index in [1.165, 1.54) is 0 Å².